The van der Waals surface area contributed by atoms with Gasteiger partial charge in [-0.05, 0) is 6.92 Å². The highest BCUT2D eigenvalue weighted by Crippen LogP contribution is 1.99. The Morgan fingerprint density at radius 1 is 1.21 bits per heavy atom. The third-order valence-corrected chi connectivity index (χ3v) is 2.59. The standard InChI is InChI=1S/C13H26N2O4/c1-12(10-18-3)19-11-13(16)9-15(6-4-5-14)7-8-17-2/h12-13,16H,4,6-11H2,1-3H3. The normalized spacial score (nSPS) is 14.3. The van der Waals surface area contributed by atoms with Crippen molar-refractivity contribution in [3.8, 4) is 6.07 Å². The number of hydrogen-bond acceptors (Lipinski definition) is 6. The zero-order valence-electron chi connectivity index (χ0n) is 12.2. The highest BCUT2D eigenvalue weighted by molar-refractivity contribution is 4.74. The lowest BCUT2D eigenvalue weighted by Gasteiger charge is -2.24. The van der Waals surface area contributed by atoms with Gasteiger partial charge < -0.3 is 19.3 Å². The monoisotopic (exact) mass is 274 g/mol. The molecule has 1 N–H and O–H groups in total. The third-order valence-electron chi connectivity index (χ3n) is 2.59. The predicted molar refractivity (Wildman–Crippen MR) is 71.8 cm³/mol. The predicted octanol–water partition coefficient (Wildman–Crippen LogP) is 0.261. The van der Waals surface area contributed by atoms with Crippen molar-refractivity contribution in [1.29, 1.82) is 5.26 Å². The van der Waals surface area contributed by atoms with E-state index in [0.29, 0.717) is 39.3 Å². The molecule has 2 atom stereocenters. The number of aliphatic hydroxyl groups is 1. The summed E-state index contributed by atoms with van der Waals surface area (Å²) in [5.41, 5.74) is 0. The van der Waals surface area contributed by atoms with Crippen molar-refractivity contribution in [1.82, 2.24) is 4.90 Å². The van der Waals surface area contributed by atoms with Crippen LogP contribution in [0.1, 0.15) is 13.3 Å². The molecule has 0 saturated carbocycles. The van der Waals surface area contributed by atoms with Gasteiger partial charge in [-0.15, -0.1) is 0 Å². The Labute approximate surface area is 115 Å². The lowest BCUT2D eigenvalue weighted by atomic mass is 10.3. The molecule has 6 heteroatoms. The van der Waals surface area contributed by atoms with E-state index < -0.39 is 6.10 Å². The quantitative estimate of drug-likeness (QED) is 0.550. The average Bonchev–Trinajstić information content (AvgIpc) is 2.40. The number of aliphatic hydroxyl groups excluding tert-OH is 1. The molecule has 2 unspecified atom stereocenters. The van der Waals surface area contributed by atoms with Crippen molar-refractivity contribution in [2.45, 2.75) is 25.6 Å². The summed E-state index contributed by atoms with van der Waals surface area (Å²) in [5.74, 6) is 0. The van der Waals surface area contributed by atoms with Crippen molar-refractivity contribution in [2.75, 3.05) is 53.7 Å². The number of hydrogen-bond donors (Lipinski definition) is 1. The smallest absolute Gasteiger partial charge is 0.0900 e. The first-order valence-corrected chi connectivity index (χ1v) is 6.50. The van der Waals surface area contributed by atoms with Gasteiger partial charge in [0.05, 0.1) is 38.1 Å². The van der Waals surface area contributed by atoms with E-state index in [-0.39, 0.29) is 12.7 Å². The van der Waals surface area contributed by atoms with E-state index in [0.717, 1.165) is 0 Å². The maximum absolute atomic E-state index is 9.90. The first-order valence-electron chi connectivity index (χ1n) is 6.50. The second-order valence-electron chi connectivity index (χ2n) is 4.45. The van der Waals surface area contributed by atoms with Gasteiger partial charge in [-0.2, -0.15) is 5.26 Å². The van der Waals surface area contributed by atoms with Crippen LogP contribution in [0.25, 0.3) is 0 Å². The molecule has 0 spiro atoms. The topological polar surface area (TPSA) is 75.0 Å². The second-order valence-corrected chi connectivity index (χ2v) is 4.45. The second kappa shape index (κ2) is 12.3. The van der Waals surface area contributed by atoms with Crippen molar-refractivity contribution < 1.29 is 19.3 Å². The van der Waals surface area contributed by atoms with Crippen LogP contribution in [0.4, 0.5) is 0 Å². The van der Waals surface area contributed by atoms with Crippen LogP contribution in [0.5, 0.6) is 0 Å². The molecule has 0 aromatic heterocycles. The van der Waals surface area contributed by atoms with Gasteiger partial charge in [-0.3, -0.25) is 4.90 Å². The molecule has 0 aliphatic rings. The molecule has 0 aromatic rings. The maximum atomic E-state index is 9.90. The Bertz CT molecular complexity index is 245. The molecular formula is C13H26N2O4. The zero-order chi connectivity index (χ0) is 14.5. The minimum Gasteiger partial charge on any atom is -0.389 e. The Morgan fingerprint density at radius 3 is 2.53 bits per heavy atom. The first-order chi connectivity index (χ1) is 9.13. The molecule has 0 aliphatic heterocycles. The Morgan fingerprint density at radius 2 is 1.95 bits per heavy atom. The summed E-state index contributed by atoms with van der Waals surface area (Å²) >= 11 is 0. The zero-order valence-corrected chi connectivity index (χ0v) is 12.2. The van der Waals surface area contributed by atoms with Gasteiger partial charge in [-0.25, -0.2) is 0 Å². The molecule has 0 aliphatic carbocycles. The van der Waals surface area contributed by atoms with Crippen molar-refractivity contribution in [2.24, 2.45) is 0 Å². The maximum Gasteiger partial charge on any atom is 0.0900 e. The highest BCUT2D eigenvalue weighted by Gasteiger charge is 2.13. The van der Waals surface area contributed by atoms with Crippen molar-refractivity contribution in [3.05, 3.63) is 0 Å². The summed E-state index contributed by atoms with van der Waals surface area (Å²) in [7, 11) is 3.25. The fourth-order valence-electron chi connectivity index (χ4n) is 1.63. The van der Waals surface area contributed by atoms with E-state index in [4.69, 9.17) is 19.5 Å². The number of rotatable bonds is 12. The van der Waals surface area contributed by atoms with Crippen LogP contribution in [0.3, 0.4) is 0 Å². The number of nitrogens with zero attached hydrogens (tertiary/aromatic N) is 2. The largest absolute Gasteiger partial charge is 0.389 e. The summed E-state index contributed by atoms with van der Waals surface area (Å²) in [4.78, 5) is 2.00. The molecular weight excluding hydrogens is 248 g/mol. The summed E-state index contributed by atoms with van der Waals surface area (Å²) in [6.07, 6.45) is -0.168. The molecule has 0 fully saturated rings. The minimum atomic E-state index is -0.574. The van der Waals surface area contributed by atoms with Crippen LogP contribution in [0.2, 0.25) is 0 Å². The molecule has 6 nitrogen and oxygen atoms in total. The van der Waals surface area contributed by atoms with Crippen LogP contribution in [-0.4, -0.2) is 75.9 Å². The summed E-state index contributed by atoms with van der Waals surface area (Å²) in [6, 6.07) is 2.10. The Hall–Kier alpha value is -0.710. The van der Waals surface area contributed by atoms with Crippen LogP contribution in [0, 0.1) is 11.3 Å². The van der Waals surface area contributed by atoms with Gasteiger partial charge >= 0.3 is 0 Å². The van der Waals surface area contributed by atoms with Crippen LogP contribution in [-0.2, 0) is 14.2 Å². The molecule has 0 aromatic carbocycles. The fraction of sp³-hybridized carbons (Fsp3) is 0.923. The Kier molecular flexibility index (Phi) is 11.9. The molecule has 0 rings (SSSR count). The van der Waals surface area contributed by atoms with E-state index >= 15 is 0 Å². The molecule has 112 valence electrons. The van der Waals surface area contributed by atoms with E-state index in [2.05, 4.69) is 6.07 Å². The molecule has 0 saturated heterocycles. The van der Waals surface area contributed by atoms with Gasteiger partial charge in [0.2, 0.25) is 0 Å². The SMILES string of the molecule is COCCN(CCC#N)CC(O)COC(C)COC. The van der Waals surface area contributed by atoms with Gasteiger partial charge in [0.1, 0.15) is 0 Å². The van der Waals surface area contributed by atoms with Gasteiger partial charge in [0.15, 0.2) is 0 Å². The number of ether oxygens (including phenoxy) is 3. The number of methoxy groups -OCH3 is 2. The van der Waals surface area contributed by atoms with E-state index in [9.17, 15) is 5.11 Å². The van der Waals surface area contributed by atoms with Crippen molar-refractivity contribution in [3.63, 3.8) is 0 Å². The van der Waals surface area contributed by atoms with Crippen LogP contribution < -0.4 is 0 Å². The lowest BCUT2D eigenvalue weighted by Crippen LogP contribution is -2.38. The van der Waals surface area contributed by atoms with Crippen molar-refractivity contribution >= 4 is 0 Å². The molecule has 0 amide bonds. The average molecular weight is 274 g/mol. The summed E-state index contributed by atoms with van der Waals surface area (Å²) < 4.78 is 15.4. The minimum absolute atomic E-state index is 0.0359. The molecule has 19 heavy (non-hydrogen) atoms. The Balaban J connectivity index is 3.93. The molecule has 0 heterocycles. The van der Waals surface area contributed by atoms with Gasteiger partial charge in [-0.1, -0.05) is 0 Å². The van der Waals surface area contributed by atoms with Crippen LogP contribution >= 0.6 is 0 Å². The van der Waals surface area contributed by atoms with Gasteiger partial charge in [0.25, 0.3) is 0 Å². The fourth-order valence-corrected chi connectivity index (χ4v) is 1.63. The summed E-state index contributed by atoms with van der Waals surface area (Å²) in [5, 5.41) is 18.5. The number of nitriles is 1. The van der Waals surface area contributed by atoms with E-state index in [1.54, 1.807) is 14.2 Å². The highest BCUT2D eigenvalue weighted by atomic mass is 16.5. The first kappa shape index (κ1) is 18.3. The molecule has 0 radical (unpaired) electrons. The van der Waals surface area contributed by atoms with E-state index in [1.807, 2.05) is 11.8 Å². The molecule has 0 bridgehead atoms. The lowest BCUT2D eigenvalue weighted by molar-refractivity contribution is -0.0406. The van der Waals surface area contributed by atoms with Gasteiger partial charge in [0, 0.05) is 40.3 Å². The summed E-state index contributed by atoms with van der Waals surface area (Å²) in [6.45, 7) is 5.06. The third kappa shape index (κ3) is 10.9. The van der Waals surface area contributed by atoms with E-state index in [1.165, 1.54) is 0 Å². The van der Waals surface area contributed by atoms with Crippen LogP contribution in [0.15, 0.2) is 0 Å².